The fourth-order valence-corrected chi connectivity index (χ4v) is 1.98. The molecule has 0 unspecified atom stereocenters. The van der Waals surface area contributed by atoms with E-state index in [0.717, 1.165) is 4.31 Å². The van der Waals surface area contributed by atoms with Crippen molar-refractivity contribution in [2.75, 3.05) is 27.2 Å². The molecule has 0 atom stereocenters. The van der Waals surface area contributed by atoms with Gasteiger partial charge in [0.25, 0.3) is 10.2 Å². The van der Waals surface area contributed by atoms with Crippen LogP contribution in [0.1, 0.15) is 5.56 Å². The Bertz CT molecular complexity index is 544. The van der Waals surface area contributed by atoms with E-state index in [0.29, 0.717) is 5.56 Å². The van der Waals surface area contributed by atoms with E-state index in [-0.39, 0.29) is 31.2 Å². The van der Waals surface area contributed by atoms with Gasteiger partial charge in [0.2, 0.25) is 5.91 Å². The average molecular weight is 303 g/mol. The Morgan fingerprint density at radius 2 is 1.80 bits per heavy atom. The summed E-state index contributed by atoms with van der Waals surface area (Å²) in [5.74, 6) is -0.604. The second-order valence-corrected chi connectivity index (χ2v) is 6.30. The van der Waals surface area contributed by atoms with Gasteiger partial charge < -0.3 is 5.32 Å². The number of carbonyl (C=O) groups excluding carboxylic acids is 1. The van der Waals surface area contributed by atoms with Crippen LogP contribution in [0.25, 0.3) is 0 Å². The van der Waals surface area contributed by atoms with E-state index < -0.39 is 10.2 Å². The highest BCUT2D eigenvalue weighted by Crippen LogP contribution is 2.03. The largest absolute Gasteiger partial charge is 0.354 e. The third-order valence-electron chi connectivity index (χ3n) is 2.49. The fourth-order valence-electron chi connectivity index (χ4n) is 1.36. The number of rotatable bonds is 7. The van der Waals surface area contributed by atoms with Gasteiger partial charge >= 0.3 is 0 Å². The van der Waals surface area contributed by atoms with Crippen LogP contribution >= 0.6 is 0 Å². The first-order chi connectivity index (χ1) is 9.31. The number of benzene rings is 1. The van der Waals surface area contributed by atoms with Gasteiger partial charge in [-0.3, -0.25) is 4.79 Å². The first kappa shape index (κ1) is 16.5. The number of nitrogens with one attached hydrogen (secondary N) is 2. The molecule has 0 aromatic heterocycles. The first-order valence-electron chi connectivity index (χ1n) is 5.99. The quantitative estimate of drug-likeness (QED) is 0.689. The summed E-state index contributed by atoms with van der Waals surface area (Å²) in [6.07, 6.45) is 0.126. The van der Waals surface area contributed by atoms with Gasteiger partial charge in [0.05, 0.1) is 6.42 Å². The van der Waals surface area contributed by atoms with E-state index in [1.807, 2.05) is 0 Å². The molecular formula is C12H18FN3O3S. The molecule has 0 fully saturated rings. The summed E-state index contributed by atoms with van der Waals surface area (Å²) in [4.78, 5) is 11.6. The van der Waals surface area contributed by atoms with E-state index in [4.69, 9.17) is 0 Å². The van der Waals surface area contributed by atoms with E-state index in [2.05, 4.69) is 10.0 Å². The van der Waals surface area contributed by atoms with E-state index in [1.165, 1.54) is 38.4 Å². The highest BCUT2D eigenvalue weighted by Gasteiger charge is 2.11. The maximum atomic E-state index is 12.7. The molecule has 8 heteroatoms. The Balaban J connectivity index is 2.29. The predicted molar refractivity (Wildman–Crippen MR) is 73.7 cm³/mol. The molecule has 2 N–H and O–H groups in total. The predicted octanol–water partition coefficient (Wildman–Crippen LogP) is -0.120. The minimum Gasteiger partial charge on any atom is -0.354 e. The van der Waals surface area contributed by atoms with Crippen LogP contribution in [0.15, 0.2) is 24.3 Å². The van der Waals surface area contributed by atoms with Crippen molar-refractivity contribution in [2.24, 2.45) is 0 Å². The van der Waals surface area contributed by atoms with Crippen LogP contribution in [-0.4, -0.2) is 45.8 Å². The molecule has 0 aliphatic heterocycles. The summed E-state index contributed by atoms with van der Waals surface area (Å²) in [6, 6.07) is 5.63. The molecule has 0 bridgehead atoms. The van der Waals surface area contributed by atoms with Crippen LogP contribution in [-0.2, 0) is 21.4 Å². The lowest BCUT2D eigenvalue weighted by Gasteiger charge is -2.12. The molecule has 1 aromatic carbocycles. The summed E-state index contributed by atoms with van der Waals surface area (Å²) < 4.78 is 38.8. The maximum absolute atomic E-state index is 12.7. The highest BCUT2D eigenvalue weighted by atomic mass is 32.2. The van der Waals surface area contributed by atoms with Gasteiger partial charge in [-0.2, -0.15) is 12.7 Å². The van der Waals surface area contributed by atoms with Crippen molar-refractivity contribution >= 4 is 16.1 Å². The Morgan fingerprint density at radius 1 is 1.20 bits per heavy atom. The van der Waals surface area contributed by atoms with Gasteiger partial charge in [0.1, 0.15) is 5.82 Å². The first-order valence-corrected chi connectivity index (χ1v) is 7.43. The SMILES string of the molecule is CN(C)S(=O)(=O)NCCNC(=O)Cc1ccc(F)cc1. The van der Waals surface area contributed by atoms with Gasteiger partial charge in [-0.15, -0.1) is 0 Å². The standard InChI is InChI=1S/C12H18FN3O3S/c1-16(2)20(18,19)15-8-7-14-12(17)9-10-3-5-11(13)6-4-10/h3-6,15H,7-9H2,1-2H3,(H,14,17). The Labute approximate surface area is 118 Å². The van der Waals surface area contributed by atoms with E-state index >= 15 is 0 Å². The van der Waals surface area contributed by atoms with Crippen LogP contribution in [0.2, 0.25) is 0 Å². The van der Waals surface area contributed by atoms with Crippen molar-refractivity contribution in [3.63, 3.8) is 0 Å². The lowest BCUT2D eigenvalue weighted by atomic mass is 10.1. The lowest BCUT2D eigenvalue weighted by molar-refractivity contribution is -0.120. The summed E-state index contributed by atoms with van der Waals surface area (Å²) >= 11 is 0. The minimum atomic E-state index is -3.47. The van der Waals surface area contributed by atoms with Gasteiger partial charge in [0, 0.05) is 27.2 Å². The smallest absolute Gasteiger partial charge is 0.278 e. The van der Waals surface area contributed by atoms with Crippen molar-refractivity contribution in [1.29, 1.82) is 0 Å². The number of hydrogen-bond acceptors (Lipinski definition) is 3. The van der Waals surface area contributed by atoms with Crippen LogP contribution < -0.4 is 10.0 Å². The minimum absolute atomic E-state index is 0.107. The Morgan fingerprint density at radius 3 is 2.35 bits per heavy atom. The molecule has 0 heterocycles. The molecule has 0 saturated heterocycles. The number of hydrogen-bond donors (Lipinski definition) is 2. The van der Waals surface area contributed by atoms with Crippen LogP contribution in [0.5, 0.6) is 0 Å². The average Bonchev–Trinajstić information content (AvgIpc) is 2.37. The van der Waals surface area contributed by atoms with E-state index in [1.54, 1.807) is 0 Å². The molecule has 20 heavy (non-hydrogen) atoms. The summed E-state index contributed by atoms with van der Waals surface area (Å²) in [5, 5.41) is 2.58. The fraction of sp³-hybridized carbons (Fsp3) is 0.417. The third kappa shape index (κ3) is 5.64. The second-order valence-electron chi connectivity index (χ2n) is 4.33. The van der Waals surface area contributed by atoms with Gasteiger partial charge in [-0.05, 0) is 17.7 Å². The number of halogens is 1. The molecule has 0 saturated carbocycles. The molecule has 112 valence electrons. The second kappa shape index (κ2) is 7.32. The molecule has 1 amide bonds. The molecule has 0 radical (unpaired) electrons. The van der Waals surface area contributed by atoms with Gasteiger partial charge in [-0.25, -0.2) is 9.11 Å². The molecule has 1 aromatic rings. The lowest BCUT2D eigenvalue weighted by Crippen LogP contribution is -2.40. The van der Waals surface area contributed by atoms with Crippen LogP contribution in [0.4, 0.5) is 4.39 Å². The highest BCUT2D eigenvalue weighted by molar-refractivity contribution is 7.87. The number of amides is 1. The zero-order chi connectivity index (χ0) is 15.2. The van der Waals surface area contributed by atoms with Crippen LogP contribution in [0.3, 0.4) is 0 Å². The van der Waals surface area contributed by atoms with Crippen LogP contribution in [0, 0.1) is 5.82 Å². The topological polar surface area (TPSA) is 78.5 Å². The van der Waals surface area contributed by atoms with Crippen molar-refractivity contribution in [3.8, 4) is 0 Å². The van der Waals surface area contributed by atoms with Crippen molar-refractivity contribution in [1.82, 2.24) is 14.3 Å². The zero-order valence-corrected chi connectivity index (χ0v) is 12.2. The molecule has 0 spiro atoms. The molecule has 0 aliphatic carbocycles. The third-order valence-corrected chi connectivity index (χ3v) is 4.02. The van der Waals surface area contributed by atoms with Gasteiger partial charge in [0.15, 0.2) is 0 Å². The van der Waals surface area contributed by atoms with E-state index in [9.17, 15) is 17.6 Å². The number of carbonyl (C=O) groups is 1. The Kier molecular flexibility index (Phi) is 6.05. The number of nitrogens with zero attached hydrogens (tertiary/aromatic N) is 1. The molecular weight excluding hydrogens is 285 g/mol. The summed E-state index contributed by atoms with van der Waals surface area (Å²) in [7, 11) is -0.645. The maximum Gasteiger partial charge on any atom is 0.278 e. The zero-order valence-electron chi connectivity index (χ0n) is 11.4. The Hall–Kier alpha value is -1.51. The summed E-state index contributed by atoms with van der Waals surface area (Å²) in [6.45, 7) is 0.294. The van der Waals surface area contributed by atoms with Gasteiger partial charge in [-0.1, -0.05) is 12.1 Å². The van der Waals surface area contributed by atoms with Crippen molar-refractivity contribution in [2.45, 2.75) is 6.42 Å². The summed E-state index contributed by atoms with van der Waals surface area (Å²) in [5.41, 5.74) is 0.692. The normalized spacial score (nSPS) is 11.6. The van der Waals surface area contributed by atoms with Crippen molar-refractivity contribution < 1.29 is 17.6 Å². The monoisotopic (exact) mass is 303 g/mol. The molecule has 1 rings (SSSR count). The molecule has 0 aliphatic rings. The van der Waals surface area contributed by atoms with Crippen molar-refractivity contribution in [3.05, 3.63) is 35.6 Å². The molecule has 6 nitrogen and oxygen atoms in total.